The topological polar surface area (TPSA) is 74.8 Å². The molecule has 1 heterocycles. The number of hydrogen-bond donors (Lipinski definition) is 3. The van der Waals surface area contributed by atoms with Crippen LogP contribution >= 0.6 is 24.0 Å². The Labute approximate surface area is 207 Å². The zero-order valence-corrected chi connectivity index (χ0v) is 20.9. The lowest BCUT2D eigenvalue weighted by Crippen LogP contribution is -2.41. The molecule has 2 aliphatic rings. The number of carbonyl (C=O) groups excluding carboxylic acids is 1. The van der Waals surface area contributed by atoms with Gasteiger partial charge in [0.05, 0.1) is 6.54 Å². The third-order valence-corrected chi connectivity index (χ3v) is 6.01. The minimum Gasteiger partial charge on any atom is -0.368 e. The minimum absolute atomic E-state index is 0. The van der Waals surface area contributed by atoms with Gasteiger partial charge in [-0.15, -0.1) is 24.0 Å². The number of hydrogen-bond acceptors (Lipinski definition) is 3. The maximum absolute atomic E-state index is 12.3. The number of nitrogens with one attached hydrogen (secondary N) is 3. The van der Waals surface area contributed by atoms with E-state index in [1.165, 1.54) is 18.4 Å². The Bertz CT molecular complexity index is 909. The summed E-state index contributed by atoms with van der Waals surface area (Å²) in [6, 6.07) is 18.6. The van der Waals surface area contributed by atoms with E-state index in [9.17, 15) is 4.79 Å². The lowest BCUT2D eigenvalue weighted by atomic mass is 9.96. The van der Waals surface area contributed by atoms with Crippen molar-refractivity contribution < 1.29 is 9.53 Å². The first-order valence-electron chi connectivity index (χ1n) is 11.3. The van der Waals surface area contributed by atoms with Gasteiger partial charge in [-0.25, -0.2) is 4.99 Å². The fourth-order valence-corrected chi connectivity index (χ4v) is 4.03. The summed E-state index contributed by atoms with van der Waals surface area (Å²) < 4.78 is 5.46. The second-order valence-corrected chi connectivity index (χ2v) is 8.39. The summed E-state index contributed by atoms with van der Waals surface area (Å²) in [4.78, 5) is 17.1. The molecule has 0 aromatic heterocycles. The molecule has 2 fully saturated rings. The molecule has 0 radical (unpaired) electrons. The van der Waals surface area contributed by atoms with Gasteiger partial charge in [-0.3, -0.25) is 4.79 Å². The highest BCUT2D eigenvalue weighted by Crippen LogP contribution is 2.47. The van der Waals surface area contributed by atoms with Crippen LogP contribution in [-0.2, 0) is 21.5 Å². The van der Waals surface area contributed by atoms with Gasteiger partial charge in [0.1, 0.15) is 6.10 Å². The number of guanidine groups is 1. The van der Waals surface area contributed by atoms with Crippen molar-refractivity contribution in [1.29, 1.82) is 0 Å². The van der Waals surface area contributed by atoms with Crippen LogP contribution in [-0.4, -0.2) is 37.7 Å². The van der Waals surface area contributed by atoms with Gasteiger partial charge in [0.25, 0.3) is 5.91 Å². The predicted molar refractivity (Wildman–Crippen MR) is 140 cm³/mol. The maximum atomic E-state index is 12.3. The number of carbonyl (C=O) groups is 1. The van der Waals surface area contributed by atoms with E-state index < -0.39 is 0 Å². The van der Waals surface area contributed by atoms with Crippen molar-refractivity contribution in [2.75, 3.05) is 25.0 Å². The molecule has 1 saturated carbocycles. The normalized spacial score (nSPS) is 19.0. The smallest absolute Gasteiger partial charge is 0.253 e. The van der Waals surface area contributed by atoms with Crippen LogP contribution in [0.2, 0.25) is 0 Å². The predicted octanol–water partition coefficient (Wildman–Crippen LogP) is 4.21. The third-order valence-electron chi connectivity index (χ3n) is 6.01. The van der Waals surface area contributed by atoms with E-state index in [4.69, 9.17) is 9.73 Å². The van der Waals surface area contributed by atoms with Gasteiger partial charge in [0.15, 0.2) is 5.96 Å². The van der Waals surface area contributed by atoms with Crippen LogP contribution in [0.3, 0.4) is 0 Å². The van der Waals surface area contributed by atoms with E-state index in [0.717, 1.165) is 43.1 Å². The van der Waals surface area contributed by atoms with E-state index >= 15 is 0 Å². The Morgan fingerprint density at radius 1 is 1.12 bits per heavy atom. The van der Waals surface area contributed by atoms with Crippen LogP contribution in [0.15, 0.2) is 59.6 Å². The largest absolute Gasteiger partial charge is 0.368 e. The molecule has 172 valence electrons. The van der Waals surface area contributed by atoms with Gasteiger partial charge < -0.3 is 20.7 Å². The highest BCUT2D eigenvalue weighted by molar-refractivity contribution is 14.0. The highest BCUT2D eigenvalue weighted by atomic mass is 127. The van der Waals surface area contributed by atoms with Crippen LogP contribution in [0.25, 0.3) is 0 Å². The number of aliphatic imine (C=N–C) groups is 1. The van der Waals surface area contributed by atoms with Crippen LogP contribution in [0, 0.1) is 0 Å². The first kappa shape index (κ1) is 24.5. The molecule has 1 unspecified atom stereocenters. The summed E-state index contributed by atoms with van der Waals surface area (Å²) in [5, 5.41) is 9.83. The minimum atomic E-state index is -0.328. The van der Waals surface area contributed by atoms with Gasteiger partial charge in [-0.1, -0.05) is 42.5 Å². The van der Waals surface area contributed by atoms with Gasteiger partial charge in [-0.05, 0) is 55.9 Å². The van der Waals surface area contributed by atoms with Gasteiger partial charge >= 0.3 is 0 Å². The summed E-state index contributed by atoms with van der Waals surface area (Å²) in [5.41, 5.74) is 3.45. The molecule has 1 aliphatic heterocycles. The summed E-state index contributed by atoms with van der Waals surface area (Å²) in [6.45, 7) is 4.96. The molecule has 32 heavy (non-hydrogen) atoms. The Morgan fingerprint density at radius 3 is 2.62 bits per heavy atom. The number of nitrogens with zero attached hydrogens (tertiary/aromatic N) is 1. The zero-order chi connectivity index (χ0) is 21.5. The first-order chi connectivity index (χ1) is 15.2. The van der Waals surface area contributed by atoms with E-state index in [2.05, 4.69) is 53.2 Å². The number of amides is 1. The molecule has 1 aliphatic carbocycles. The third kappa shape index (κ3) is 6.45. The fraction of sp³-hybridized carbons (Fsp3) is 0.440. The van der Waals surface area contributed by atoms with E-state index in [0.29, 0.717) is 13.2 Å². The Hall–Kier alpha value is -2.13. The molecular weight excluding hydrogens is 515 g/mol. The summed E-state index contributed by atoms with van der Waals surface area (Å²) in [5.74, 6) is 0.752. The molecule has 1 saturated heterocycles. The average molecular weight is 548 g/mol. The number of ether oxygens (including phenoxy) is 1. The maximum Gasteiger partial charge on any atom is 0.253 e. The molecule has 1 atom stereocenters. The van der Waals surface area contributed by atoms with Crippen LogP contribution in [0.4, 0.5) is 5.69 Å². The number of rotatable bonds is 8. The van der Waals surface area contributed by atoms with Crippen LogP contribution in [0.1, 0.15) is 43.7 Å². The number of halogens is 1. The second kappa shape index (κ2) is 11.7. The summed E-state index contributed by atoms with van der Waals surface area (Å²) in [7, 11) is 0. The van der Waals surface area contributed by atoms with Crippen LogP contribution in [0.5, 0.6) is 0 Å². The number of anilines is 1. The first-order valence-corrected chi connectivity index (χ1v) is 11.3. The van der Waals surface area contributed by atoms with E-state index in [1.54, 1.807) is 0 Å². The standard InChI is InChI=1S/C25H32N4O2.HI/c1-2-26-24(28-18-25(13-14-25)20-9-4-3-5-10-20)27-17-19-8-6-11-21(16-19)29-23(30)22-12-7-15-31-22;/h3-6,8-11,16,22H,2,7,12-15,17-18H2,1H3,(H,29,30)(H2,26,27,28);1H. The molecule has 4 rings (SSSR count). The molecule has 7 heteroatoms. The number of benzene rings is 2. The van der Waals surface area contributed by atoms with E-state index in [-0.39, 0.29) is 41.4 Å². The van der Waals surface area contributed by atoms with Crippen molar-refractivity contribution in [2.24, 2.45) is 4.99 Å². The van der Waals surface area contributed by atoms with Crippen molar-refractivity contribution >= 4 is 41.5 Å². The summed E-state index contributed by atoms with van der Waals surface area (Å²) in [6.07, 6.45) is 3.81. The molecule has 6 nitrogen and oxygen atoms in total. The molecule has 2 aromatic carbocycles. The lowest BCUT2D eigenvalue weighted by molar-refractivity contribution is -0.124. The van der Waals surface area contributed by atoms with E-state index in [1.807, 2.05) is 24.3 Å². The van der Waals surface area contributed by atoms with Crippen molar-refractivity contribution in [2.45, 2.75) is 50.7 Å². The van der Waals surface area contributed by atoms with Gasteiger partial charge in [0, 0.05) is 30.8 Å². The summed E-state index contributed by atoms with van der Waals surface area (Å²) >= 11 is 0. The lowest BCUT2D eigenvalue weighted by Gasteiger charge is -2.19. The van der Waals surface area contributed by atoms with Crippen molar-refractivity contribution in [3.8, 4) is 0 Å². The fourth-order valence-electron chi connectivity index (χ4n) is 4.03. The Balaban J connectivity index is 0.00000289. The zero-order valence-electron chi connectivity index (χ0n) is 18.6. The molecular formula is C25H33IN4O2. The SMILES string of the molecule is CCNC(=NCc1cccc(NC(=O)C2CCCO2)c1)NCC1(c2ccccc2)CC1.I. The van der Waals surface area contributed by atoms with Gasteiger partial charge in [-0.2, -0.15) is 0 Å². The second-order valence-electron chi connectivity index (χ2n) is 8.39. The Morgan fingerprint density at radius 2 is 1.94 bits per heavy atom. The molecule has 2 aromatic rings. The average Bonchev–Trinajstić information content (AvgIpc) is 3.38. The monoisotopic (exact) mass is 548 g/mol. The van der Waals surface area contributed by atoms with Crippen molar-refractivity contribution in [1.82, 2.24) is 10.6 Å². The molecule has 0 bridgehead atoms. The van der Waals surface area contributed by atoms with Crippen LogP contribution < -0.4 is 16.0 Å². The highest BCUT2D eigenvalue weighted by Gasteiger charge is 2.44. The quantitative estimate of drug-likeness (QED) is 0.263. The van der Waals surface area contributed by atoms with Crippen molar-refractivity contribution in [3.63, 3.8) is 0 Å². The van der Waals surface area contributed by atoms with Gasteiger partial charge in [0.2, 0.25) is 0 Å². The molecule has 0 spiro atoms. The molecule has 3 N–H and O–H groups in total. The van der Waals surface area contributed by atoms with Crippen molar-refractivity contribution in [3.05, 3.63) is 65.7 Å². The Kier molecular flexibility index (Phi) is 8.92. The molecule has 1 amide bonds.